The largest absolute Gasteiger partial charge is 0.356 e. The number of anilines is 1. The van der Waals surface area contributed by atoms with Gasteiger partial charge < -0.3 is 15.2 Å². The number of benzene rings is 1. The maximum atomic E-state index is 12.3. The number of hydrogen-bond donors (Lipinski definition) is 2. The third kappa shape index (κ3) is 5.84. The van der Waals surface area contributed by atoms with Crippen LogP contribution in [-0.2, 0) is 29.0 Å². The molecule has 0 saturated carbocycles. The summed E-state index contributed by atoms with van der Waals surface area (Å²) in [6.07, 6.45) is 5.22. The molecule has 2 aromatic rings. The highest BCUT2D eigenvalue weighted by atomic mass is 32.2. The predicted octanol–water partition coefficient (Wildman–Crippen LogP) is 3.30. The van der Waals surface area contributed by atoms with Crippen LogP contribution in [0.1, 0.15) is 44.5 Å². The van der Waals surface area contributed by atoms with Gasteiger partial charge in [0.2, 0.25) is 11.8 Å². The normalized spacial score (nSPS) is 15.7. The van der Waals surface area contributed by atoms with Crippen LogP contribution in [0.2, 0.25) is 0 Å². The van der Waals surface area contributed by atoms with Gasteiger partial charge >= 0.3 is 0 Å². The summed E-state index contributed by atoms with van der Waals surface area (Å²) < 4.78 is 2.18. The Morgan fingerprint density at radius 3 is 2.90 bits per heavy atom. The minimum absolute atomic E-state index is 0.00453. The van der Waals surface area contributed by atoms with Gasteiger partial charge in [-0.1, -0.05) is 43.8 Å². The van der Waals surface area contributed by atoms with E-state index in [0.29, 0.717) is 31.7 Å². The van der Waals surface area contributed by atoms with Gasteiger partial charge in [0.1, 0.15) is 5.82 Å². The van der Waals surface area contributed by atoms with Crippen molar-refractivity contribution in [2.24, 2.45) is 11.8 Å². The number of hydrogen-bond acceptors (Lipinski definition) is 5. The molecule has 2 heterocycles. The molecule has 162 valence electrons. The first kappa shape index (κ1) is 22.3. The highest BCUT2D eigenvalue weighted by molar-refractivity contribution is 7.98. The van der Waals surface area contributed by atoms with Crippen molar-refractivity contribution < 1.29 is 9.59 Å². The second-order valence-electron chi connectivity index (χ2n) is 8.15. The van der Waals surface area contributed by atoms with Gasteiger partial charge in [-0.05, 0) is 43.1 Å². The van der Waals surface area contributed by atoms with Gasteiger partial charge in [-0.25, -0.2) is 0 Å². The van der Waals surface area contributed by atoms with Crippen LogP contribution >= 0.6 is 11.8 Å². The smallest absolute Gasteiger partial charge is 0.227 e. The lowest BCUT2D eigenvalue weighted by molar-refractivity contribution is -0.122. The number of carbonyl (C=O) groups is 2. The molecule has 0 saturated heterocycles. The van der Waals surface area contributed by atoms with Crippen molar-refractivity contribution in [3.05, 3.63) is 35.7 Å². The lowest BCUT2D eigenvalue weighted by Crippen LogP contribution is -2.32. The molecule has 1 aromatic heterocycles. The quantitative estimate of drug-likeness (QED) is 0.447. The summed E-state index contributed by atoms with van der Waals surface area (Å²) in [4.78, 5) is 24.5. The zero-order valence-corrected chi connectivity index (χ0v) is 18.8. The summed E-state index contributed by atoms with van der Waals surface area (Å²) in [5.74, 6) is 1.35. The van der Waals surface area contributed by atoms with E-state index in [1.54, 1.807) is 11.8 Å². The van der Waals surface area contributed by atoms with Crippen molar-refractivity contribution in [1.29, 1.82) is 0 Å². The zero-order chi connectivity index (χ0) is 21.5. The molecular formula is C22H31N5O2S. The van der Waals surface area contributed by atoms with E-state index in [-0.39, 0.29) is 17.7 Å². The minimum atomic E-state index is -0.148. The highest BCUT2D eigenvalue weighted by Gasteiger charge is 2.26. The van der Waals surface area contributed by atoms with Gasteiger partial charge in [0.15, 0.2) is 5.16 Å². The molecule has 3 rings (SSSR count). The standard InChI is InChI=1S/C22H31N5O2S/c1-15(2)14-27-19(25-26-22(27)30-3)9-6-12-23-20(28)11-10-17-13-16-7-4-5-8-18(16)24-21(17)29/h4-5,7-8,15,17H,6,9-14H2,1-3H3,(H,23,28)(H,24,29). The van der Waals surface area contributed by atoms with E-state index < -0.39 is 0 Å². The van der Waals surface area contributed by atoms with Crippen molar-refractivity contribution in [1.82, 2.24) is 20.1 Å². The summed E-state index contributed by atoms with van der Waals surface area (Å²) >= 11 is 1.61. The number of amides is 2. The molecule has 2 N–H and O–H groups in total. The van der Waals surface area contributed by atoms with E-state index in [1.807, 2.05) is 30.5 Å². The topological polar surface area (TPSA) is 88.9 Å². The number of thioether (sulfide) groups is 1. The number of rotatable bonds is 10. The summed E-state index contributed by atoms with van der Waals surface area (Å²) in [5, 5.41) is 15.4. The Balaban J connectivity index is 1.40. The van der Waals surface area contributed by atoms with Crippen molar-refractivity contribution >= 4 is 29.3 Å². The van der Waals surface area contributed by atoms with Gasteiger partial charge in [0.25, 0.3) is 0 Å². The SMILES string of the molecule is CSc1nnc(CCCNC(=O)CCC2Cc3ccccc3NC2=O)n1CC(C)C. The Labute approximate surface area is 182 Å². The van der Waals surface area contributed by atoms with Crippen LogP contribution in [0, 0.1) is 11.8 Å². The number of aryl methyl sites for hydroxylation is 1. The lowest BCUT2D eigenvalue weighted by atomic mass is 9.89. The maximum absolute atomic E-state index is 12.3. The number of para-hydroxylation sites is 1. The third-order valence-corrected chi connectivity index (χ3v) is 5.92. The molecule has 0 spiro atoms. The fourth-order valence-electron chi connectivity index (χ4n) is 3.72. The van der Waals surface area contributed by atoms with E-state index in [9.17, 15) is 9.59 Å². The Bertz CT molecular complexity index is 880. The van der Waals surface area contributed by atoms with Crippen molar-refractivity contribution in [3.8, 4) is 0 Å². The molecule has 0 radical (unpaired) electrons. The van der Waals surface area contributed by atoms with Crippen LogP contribution in [0.25, 0.3) is 0 Å². The maximum Gasteiger partial charge on any atom is 0.227 e. The molecule has 1 aliphatic heterocycles. The second-order valence-corrected chi connectivity index (χ2v) is 8.92. The highest BCUT2D eigenvalue weighted by Crippen LogP contribution is 2.27. The first-order valence-corrected chi connectivity index (χ1v) is 11.8. The van der Waals surface area contributed by atoms with E-state index in [2.05, 4.69) is 39.2 Å². The first-order valence-electron chi connectivity index (χ1n) is 10.6. The first-order chi connectivity index (χ1) is 14.5. The van der Waals surface area contributed by atoms with Gasteiger partial charge in [0.05, 0.1) is 0 Å². The van der Waals surface area contributed by atoms with Gasteiger partial charge in [-0.2, -0.15) is 0 Å². The molecule has 7 nitrogen and oxygen atoms in total. The van der Waals surface area contributed by atoms with Crippen LogP contribution in [0.5, 0.6) is 0 Å². The van der Waals surface area contributed by atoms with Crippen molar-refractivity contribution in [3.63, 3.8) is 0 Å². The zero-order valence-electron chi connectivity index (χ0n) is 18.0. The lowest BCUT2D eigenvalue weighted by Gasteiger charge is -2.24. The molecule has 0 aliphatic carbocycles. The van der Waals surface area contributed by atoms with E-state index in [1.165, 1.54) is 0 Å². The van der Waals surface area contributed by atoms with Crippen molar-refractivity contribution in [2.75, 3.05) is 18.1 Å². The fraction of sp³-hybridized carbons (Fsp3) is 0.545. The van der Waals surface area contributed by atoms with Crippen molar-refractivity contribution in [2.45, 2.75) is 57.7 Å². The second kappa shape index (κ2) is 10.6. The molecular weight excluding hydrogens is 398 g/mol. The Morgan fingerprint density at radius 2 is 2.13 bits per heavy atom. The minimum Gasteiger partial charge on any atom is -0.356 e. The van der Waals surface area contributed by atoms with Gasteiger partial charge in [-0.15, -0.1) is 10.2 Å². The van der Waals surface area contributed by atoms with Gasteiger partial charge in [-0.3, -0.25) is 9.59 Å². The van der Waals surface area contributed by atoms with E-state index in [0.717, 1.165) is 41.6 Å². The molecule has 0 bridgehead atoms. The Kier molecular flexibility index (Phi) is 7.90. The fourth-order valence-corrected chi connectivity index (χ4v) is 4.24. The molecule has 1 atom stereocenters. The molecule has 1 aromatic carbocycles. The van der Waals surface area contributed by atoms with Crippen LogP contribution in [0.3, 0.4) is 0 Å². The summed E-state index contributed by atoms with van der Waals surface area (Å²) in [6, 6.07) is 7.84. The molecule has 30 heavy (non-hydrogen) atoms. The molecule has 1 aliphatic rings. The van der Waals surface area contributed by atoms with Crippen LogP contribution < -0.4 is 10.6 Å². The summed E-state index contributed by atoms with van der Waals surface area (Å²) in [6.45, 7) is 5.86. The van der Waals surface area contributed by atoms with Gasteiger partial charge in [0, 0.05) is 37.5 Å². The predicted molar refractivity (Wildman–Crippen MR) is 119 cm³/mol. The summed E-state index contributed by atoms with van der Waals surface area (Å²) in [7, 11) is 0. The van der Waals surface area contributed by atoms with Crippen LogP contribution in [0.4, 0.5) is 5.69 Å². The third-order valence-electron chi connectivity index (χ3n) is 5.26. The monoisotopic (exact) mass is 429 g/mol. The van der Waals surface area contributed by atoms with Crippen LogP contribution in [-0.4, -0.2) is 39.4 Å². The molecule has 2 amide bonds. The molecule has 0 fully saturated rings. The number of fused-ring (bicyclic) bond motifs is 1. The number of nitrogens with zero attached hydrogens (tertiary/aromatic N) is 3. The Hall–Kier alpha value is -2.35. The average Bonchev–Trinajstić information content (AvgIpc) is 3.10. The van der Waals surface area contributed by atoms with Crippen LogP contribution in [0.15, 0.2) is 29.4 Å². The molecule has 1 unspecified atom stereocenters. The number of aromatic nitrogens is 3. The van der Waals surface area contributed by atoms with E-state index in [4.69, 9.17) is 0 Å². The Morgan fingerprint density at radius 1 is 1.33 bits per heavy atom. The van der Waals surface area contributed by atoms with E-state index >= 15 is 0 Å². The number of carbonyl (C=O) groups excluding carboxylic acids is 2. The molecule has 8 heteroatoms. The average molecular weight is 430 g/mol. The summed E-state index contributed by atoms with van der Waals surface area (Å²) in [5.41, 5.74) is 2.02. The number of nitrogens with one attached hydrogen (secondary N) is 2.